The normalized spacial score (nSPS) is 10.2. The van der Waals surface area contributed by atoms with E-state index in [1.54, 1.807) is 0 Å². The number of nitrogens with one attached hydrogen (secondary N) is 1. The minimum absolute atomic E-state index is 0.152. The van der Waals surface area contributed by atoms with Gasteiger partial charge in [0.1, 0.15) is 18.2 Å². The highest BCUT2D eigenvalue weighted by molar-refractivity contribution is 9.10. The molecule has 0 spiro atoms. The number of ether oxygens (including phenoxy) is 1. The molecule has 0 amide bonds. The quantitative estimate of drug-likeness (QED) is 0.894. The van der Waals surface area contributed by atoms with Crippen molar-refractivity contribution in [3.8, 4) is 11.8 Å². The van der Waals surface area contributed by atoms with Crippen LogP contribution in [0.15, 0.2) is 40.9 Å². The van der Waals surface area contributed by atoms with E-state index in [9.17, 15) is 4.39 Å². The Morgan fingerprint density at radius 1 is 1.24 bits per heavy atom. The zero-order valence-electron chi connectivity index (χ0n) is 11.5. The summed E-state index contributed by atoms with van der Waals surface area (Å²) in [6, 6.07) is 11.8. The molecule has 0 aliphatic heterocycles. The van der Waals surface area contributed by atoms with Gasteiger partial charge in [-0.3, -0.25) is 0 Å². The lowest BCUT2D eigenvalue weighted by Gasteiger charge is -2.12. The molecule has 0 fully saturated rings. The van der Waals surface area contributed by atoms with Crippen LogP contribution in [0.3, 0.4) is 0 Å². The topological polar surface area (TPSA) is 45.0 Å². The molecule has 2 aromatic carbocycles. The van der Waals surface area contributed by atoms with Crippen molar-refractivity contribution in [1.82, 2.24) is 5.32 Å². The summed E-state index contributed by atoms with van der Waals surface area (Å²) in [4.78, 5) is 0. The van der Waals surface area contributed by atoms with E-state index in [1.807, 2.05) is 31.3 Å². The van der Waals surface area contributed by atoms with Crippen molar-refractivity contribution < 1.29 is 9.13 Å². The summed E-state index contributed by atoms with van der Waals surface area (Å²) in [5.41, 5.74) is 1.95. The summed E-state index contributed by atoms with van der Waals surface area (Å²) < 4.78 is 20.0. The first-order valence-electron chi connectivity index (χ1n) is 6.38. The molecule has 0 aromatic heterocycles. The van der Waals surface area contributed by atoms with Crippen molar-refractivity contribution in [3.63, 3.8) is 0 Å². The van der Waals surface area contributed by atoms with E-state index in [4.69, 9.17) is 10.00 Å². The second-order valence-corrected chi connectivity index (χ2v) is 5.40. The maximum Gasteiger partial charge on any atom is 0.124 e. The number of hydrogen-bond acceptors (Lipinski definition) is 3. The molecule has 0 unspecified atom stereocenters. The minimum atomic E-state index is -0.376. The Morgan fingerprint density at radius 2 is 2.05 bits per heavy atom. The number of nitrogens with zero attached hydrogens (tertiary/aromatic N) is 1. The molecule has 5 heteroatoms. The summed E-state index contributed by atoms with van der Waals surface area (Å²) in [6.45, 7) is 0.808. The van der Waals surface area contributed by atoms with Crippen LogP contribution in [0.1, 0.15) is 16.7 Å². The third-order valence-corrected chi connectivity index (χ3v) is 3.45. The van der Waals surface area contributed by atoms with Crippen molar-refractivity contribution in [3.05, 3.63) is 63.4 Å². The number of benzene rings is 2. The van der Waals surface area contributed by atoms with Crippen LogP contribution in [0.25, 0.3) is 0 Å². The van der Waals surface area contributed by atoms with Crippen molar-refractivity contribution in [1.29, 1.82) is 5.26 Å². The van der Waals surface area contributed by atoms with E-state index in [-0.39, 0.29) is 12.4 Å². The summed E-state index contributed by atoms with van der Waals surface area (Å²) in [5.74, 6) is 0.333. The number of hydrogen-bond donors (Lipinski definition) is 1. The van der Waals surface area contributed by atoms with Gasteiger partial charge in [0.2, 0.25) is 0 Å². The van der Waals surface area contributed by atoms with Crippen LogP contribution in [0.4, 0.5) is 4.39 Å². The van der Waals surface area contributed by atoms with E-state index in [2.05, 4.69) is 21.2 Å². The van der Waals surface area contributed by atoms with Gasteiger partial charge in [-0.25, -0.2) is 4.39 Å². The van der Waals surface area contributed by atoms with Gasteiger partial charge in [-0.2, -0.15) is 5.26 Å². The predicted octanol–water partition coefficient (Wildman–Crippen LogP) is 3.76. The fourth-order valence-corrected chi connectivity index (χ4v) is 2.37. The highest BCUT2D eigenvalue weighted by Crippen LogP contribution is 2.24. The van der Waals surface area contributed by atoms with E-state index >= 15 is 0 Å². The van der Waals surface area contributed by atoms with Crippen LogP contribution in [0.2, 0.25) is 0 Å². The molecule has 1 N–H and O–H groups in total. The Balaban J connectivity index is 2.20. The average molecular weight is 349 g/mol. The van der Waals surface area contributed by atoms with Gasteiger partial charge in [0, 0.05) is 22.1 Å². The second kappa shape index (κ2) is 7.21. The first kappa shape index (κ1) is 15.5. The molecule has 0 bridgehead atoms. The largest absolute Gasteiger partial charge is 0.489 e. The van der Waals surface area contributed by atoms with Crippen LogP contribution in [0.5, 0.6) is 5.75 Å². The van der Waals surface area contributed by atoms with Gasteiger partial charge < -0.3 is 10.1 Å². The smallest absolute Gasteiger partial charge is 0.124 e. The molecular formula is C16H14BrFN2O. The molecule has 0 atom stereocenters. The molecule has 2 rings (SSSR count). The lowest BCUT2D eigenvalue weighted by molar-refractivity contribution is 0.301. The van der Waals surface area contributed by atoms with Crippen molar-refractivity contribution in [2.75, 3.05) is 7.05 Å². The monoisotopic (exact) mass is 348 g/mol. The standard InChI is InChI=1S/C16H14BrFN2O/c1-20-9-12-6-14(17)3-5-16(12)21-10-13-7-15(18)4-2-11(13)8-19/h2-7,20H,9-10H2,1H3. The van der Waals surface area contributed by atoms with Crippen LogP contribution in [0, 0.1) is 17.1 Å². The molecule has 0 heterocycles. The molecule has 0 radical (unpaired) electrons. The molecule has 0 aliphatic rings. The fourth-order valence-electron chi connectivity index (χ4n) is 1.96. The highest BCUT2D eigenvalue weighted by atomic mass is 79.9. The van der Waals surface area contributed by atoms with E-state index in [0.29, 0.717) is 23.4 Å². The predicted molar refractivity (Wildman–Crippen MR) is 82.4 cm³/mol. The molecule has 2 aromatic rings. The molecule has 0 aliphatic carbocycles. The first-order chi connectivity index (χ1) is 10.1. The van der Waals surface area contributed by atoms with Gasteiger partial charge in [0.25, 0.3) is 0 Å². The maximum absolute atomic E-state index is 13.3. The molecule has 3 nitrogen and oxygen atoms in total. The summed E-state index contributed by atoms with van der Waals surface area (Å²) in [5, 5.41) is 12.1. The Bertz CT molecular complexity index is 682. The lowest BCUT2D eigenvalue weighted by atomic mass is 10.1. The van der Waals surface area contributed by atoms with E-state index in [0.717, 1.165) is 10.0 Å². The third-order valence-electron chi connectivity index (χ3n) is 2.96. The van der Waals surface area contributed by atoms with Crippen molar-refractivity contribution >= 4 is 15.9 Å². The van der Waals surface area contributed by atoms with Crippen LogP contribution >= 0.6 is 15.9 Å². The van der Waals surface area contributed by atoms with Crippen LogP contribution < -0.4 is 10.1 Å². The SMILES string of the molecule is CNCc1cc(Br)ccc1OCc1cc(F)ccc1C#N. The van der Waals surface area contributed by atoms with Crippen LogP contribution in [-0.4, -0.2) is 7.05 Å². The number of rotatable bonds is 5. The minimum Gasteiger partial charge on any atom is -0.489 e. The molecule has 0 saturated carbocycles. The third kappa shape index (κ3) is 4.03. The Kier molecular flexibility index (Phi) is 5.32. The zero-order valence-corrected chi connectivity index (χ0v) is 13.1. The van der Waals surface area contributed by atoms with Gasteiger partial charge in [-0.15, -0.1) is 0 Å². The van der Waals surface area contributed by atoms with Gasteiger partial charge >= 0.3 is 0 Å². The molecule has 108 valence electrons. The maximum atomic E-state index is 13.3. The average Bonchev–Trinajstić information content (AvgIpc) is 2.47. The van der Waals surface area contributed by atoms with Gasteiger partial charge in [-0.1, -0.05) is 15.9 Å². The van der Waals surface area contributed by atoms with Gasteiger partial charge in [0.05, 0.1) is 11.6 Å². The second-order valence-electron chi connectivity index (χ2n) is 4.48. The van der Waals surface area contributed by atoms with Crippen LogP contribution in [-0.2, 0) is 13.2 Å². The fraction of sp³-hybridized carbons (Fsp3) is 0.188. The van der Waals surface area contributed by atoms with E-state index < -0.39 is 0 Å². The number of halogens is 2. The molecular weight excluding hydrogens is 335 g/mol. The first-order valence-corrected chi connectivity index (χ1v) is 7.17. The highest BCUT2D eigenvalue weighted by Gasteiger charge is 2.08. The summed E-state index contributed by atoms with van der Waals surface area (Å²) >= 11 is 3.42. The summed E-state index contributed by atoms with van der Waals surface area (Å²) in [6.07, 6.45) is 0. The van der Waals surface area contributed by atoms with Gasteiger partial charge in [0.15, 0.2) is 0 Å². The van der Waals surface area contributed by atoms with Crippen molar-refractivity contribution in [2.24, 2.45) is 0 Å². The molecule has 21 heavy (non-hydrogen) atoms. The van der Waals surface area contributed by atoms with Gasteiger partial charge in [-0.05, 0) is 43.4 Å². The Morgan fingerprint density at radius 3 is 2.76 bits per heavy atom. The summed E-state index contributed by atoms with van der Waals surface area (Å²) in [7, 11) is 1.85. The number of nitriles is 1. The van der Waals surface area contributed by atoms with Crippen molar-refractivity contribution in [2.45, 2.75) is 13.2 Å². The molecule has 0 saturated heterocycles. The lowest BCUT2D eigenvalue weighted by Crippen LogP contribution is -2.08. The Labute approximate surface area is 131 Å². The Hall–Kier alpha value is -1.90. The zero-order chi connectivity index (χ0) is 15.2. The van der Waals surface area contributed by atoms with E-state index in [1.165, 1.54) is 18.2 Å².